The zero-order chi connectivity index (χ0) is 17.3. The molecule has 1 aliphatic heterocycles. The van der Waals surface area contributed by atoms with Crippen molar-refractivity contribution < 1.29 is 9.90 Å². The molecule has 0 saturated carbocycles. The number of amides is 1. The second kappa shape index (κ2) is 7.01. The van der Waals surface area contributed by atoms with E-state index in [4.69, 9.17) is 11.6 Å². The highest BCUT2D eigenvalue weighted by Gasteiger charge is 2.24. The smallest absolute Gasteiger partial charge is 0.264 e. The van der Waals surface area contributed by atoms with Gasteiger partial charge in [-0.05, 0) is 49.0 Å². The van der Waals surface area contributed by atoms with E-state index in [9.17, 15) is 9.90 Å². The van der Waals surface area contributed by atoms with Crippen LogP contribution in [0.1, 0.15) is 11.1 Å². The Hall–Kier alpha value is -1.76. The Kier molecular flexibility index (Phi) is 4.99. The second-order valence-electron chi connectivity index (χ2n) is 5.14. The first-order chi connectivity index (χ1) is 11.4. The van der Waals surface area contributed by atoms with Gasteiger partial charge in [-0.3, -0.25) is 4.79 Å². The molecule has 2 N–H and O–H groups in total. The number of phenolic OH excluding ortho intramolecular Hbond substituents is 1. The number of nitrogens with one attached hydrogen (secondary N) is 1. The van der Waals surface area contributed by atoms with Crippen LogP contribution in [0.4, 0.5) is 5.69 Å². The Morgan fingerprint density at radius 1 is 1.29 bits per heavy atom. The number of aryl methyl sites for hydroxylation is 1. The summed E-state index contributed by atoms with van der Waals surface area (Å²) in [7, 11) is 0. The molecule has 0 aliphatic carbocycles. The molecule has 0 radical (unpaired) electrons. The maximum Gasteiger partial charge on any atom is 0.264 e. The van der Waals surface area contributed by atoms with E-state index >= 15 is 0 Å². The van der Waals surface area contributed by atoms with Gasteiger partial charge in [0.05, 0.1) is 15.6 Å². The molecule has 0 atom stereocenters. The Morgan fingerprint density at radius 3 is 2.71 bits per heavy atom. The predicted octanol–water partition coefficient (Wildman–Crippen LogP) is 5.01. The van der Waals surface area contributed by atoms with Crippen LogP contribution in [-0.2, 0) is 4.79 Å². The first-order valence-corrected chi connectivity index (χ1v) is 8.95. The minimum absolute atomic E-state index is 0.0651. The fourth-order valence-corrected chi connectivity index (χ4v) is 3.72. The number of nitrogens with zero attached hydrogens (tertiary/aromatic N) is 1. The monoisotopic (exact) mass is 422 g/mol. The van der Waals surface area contributed by atoms with Gasteiger partial charge in [0.25, 0.3) is 5.91 Å². The fraction of sp³-hybridized carbons (Fsp3) is 0.0588. The average molecular weight is 424 g/mol. The third-order valence-electron chi connectivity index (χ3n) is 3.26. The molecule has 1 heterocycles. The highest BCUT2D eigenvalue weighted by atomic mass is 79.9. The van der Waals surface area contributed by atoms with Crippen LogP contribution in [-0.4, -0.2) is 16.2 Å². The van der Waals surface area contributed by atoms with E-state index in [1.807, 2.05) is 31.2 Å². The van der Waals surface area contributed by atoms with E-state index < -0.39 is 0 Å². The quantitative estimate of drug-likeness (QED) is 0.668. The van der Waals surface area contributed by atoms with E-state index in [1.165, 1.54) is 11.8 Å². The number of hydrogen-bond acceptors (Lipinski definition) is 4. The van der Waals surface area contributed by atoms with Gasteiger partial charge in [-0.25, -0.2) is 4.99 Å². The van der Waals surface area contributed by atoms with Crippen molar-refractivity contribution in [2.45, 2.75) is 6.92 Å². The predicted molar refractivity (Wildman–Crippen MR) is 103 cm³/mol. The minimum atomic E-state index is -0.263. The Bertz CT molecular complexity index is 879. The van der Waals surface area contributed by atoms with Gasteiger partial charge in [-0.15, -0.1) is 0 Å². The standard InChI is InChI=1S/C17H12BrClN2O2S/c1-9-2-4-12(5-3-9)20-17-21-16(23)14(24-17)7-10-6-11(18)8-13(19)15(10)22/h2-8,22H,1H3,(H,20,21,23)/b14-7-. The van der Waals surface area contributed by atoms with Crippen molar-refractivity contribution in [1.29, 1.82) is 0 Å². The van der Waals surface area contributed by atoms with Crippen molar-refractivity contribution in [3.63, 3.8) is 0 Å². The number of benzene rings is 2. The van der Waals surface area contributed by atoms with Crippen molar-refractivity contribution in [2.24, 2.45) is 4.99 Å². The fourth-order valence-electron chi connectivity index (χ4n) is 2.05. The zero-order valence-electron chi connectivity index (χ0n) is 12.5. The SMILES string of the molecule is Cc1ccc(N=C2NC(=O)/C(=C/c3cc(Br)cc(Cl)c3O)S2)cc1. The molecule has 7 heteroatoms. The molecule has 1 saturated heterocycles. The van der Waals surface area contributed by atoms with E-state index in [2.05, 4.69) is 26.2 Å². The summed E-state index contributed by atoms with van der Waals surface area (Å²) in [4.78, 5) is 17.0. The topological polar surface area (TPSA) is 61.7 Å². The molecule has 4 nitrogen and oxygen atoms in total. The molecule has 2 aromatic rings. The van der Waals surface area contributed by atoms with Crippen LogP contribution in [0.15, 0.2) is 50.8 Å². The van der Waals surface area contributed by atoms with E-state index in [-0.39, 0.29) is 16.7 Å². The summed E-state index contributed by atoms with van der Waals surface area (Å²) in [6.45, 7) is 2.00. The zero-order valence-corrected chi connectivity index (χ0v) is 15.7. The maximum atomic E-state index is 12.1. The van der Waals surface area contributed by atoms with Gasteiger partial charge in [0.1, 0.15) is 5.75 Å². The Balaban J connectivity index is 1.89. The molecule has 3 rings (SSSR count). The summed E-state index contributed by atoms with van der Waals surface area (Å²) < 4.78 is 0.717. The second-order valence-corrected chi connectivity index (χ2v) is 7.50. The van der Waals surface area contributed by atoms with Gasteiger partial charge in [0, 0.05) is 10.0 Å². The average Bonchev–Trinajstić information content (AvgIpc) is 2.86. The van der Waals surface area contributed by atoms with E-state index in [1.54, 1.807) is 18.2 Å². The normalized spacial score (nSPS) is 17.5. The number of phenols is 1. The molecular weight excluding hydrogens is 412 g/mol. The first kappa shape index (κ1) is 17.1. The molecule has 1 amide bonds. The third-order valence-corrected chi connectivity index (χ3v) is 4.92. The number of amidine groups is 1. The number of aliphatic imine (C=N–C) groups is 1. The van der Waals surface area contributed by atoms with Gasteiger partial charge < -0.3 is 10.4 Å². The number of aromatic hydroxyl groups is 1. The molecule has 1 aliphatic rings. The summed E-state index contributed by atoms with van der Waals surface area (Å²) in [6, 6.07) is 11.0. The number of carbonyl (C=O) groups excluding carboxylic acids is 1. The van der Waals surface area contributed by atoms with Crippen molar-refractivity contribution in [3.05, 3.63) is 61.9 Å². The van der Waals surface area contributed by atoms with Crippen LogP contribution < -0.4 is 5.32 Å². The van der Waals surface area contributed by atoms with Gasteiger partial charge in [-0.2, -0.15) is 0 Å². The summed E-state index contributed by atoms with van der Waals surface area (Å²) in [5.74, 6) is -0.328. The molecular formula is C17H12BrClN2O2S. The van der Waals surface area contributed by atoms with Gasteiger partial charge >= 0.3 is 0 Å². The lowest BCUT2D eigenvalue weighted by Crippen LogP contribution is -2.19. The summed E-state index contributed by atoms with van der Waals surface area (Å²) in [5.41, 5.74) is 2.37. The van der Waals surface area contributed by atoms with Crippen LogP contribution in [0, 0.1) is 6.92 Å². The molecule has 122 valence electrons. The van der Waals surface area contributed by atoms with Crippen molar-refractivity contribution in [1.82, 2.24) is 5.32 Å². The molecule has 0 bridgehead atoms. The first-order valence-electron chi connectivity index (χ1n) is 6.96. The van der Waals surface area contributed by atoms with Crippen LogP contribution in [0.5, 0.6) is 5.75 Å². The Morgan fingerprint density at radius 2 is 2.00 bits per heavy atom. The summed E-state index contributed by atoms with van der Waals surface area (Å²) in [6.07, 6.45) is 1.59. The lowest BCUT2D eigenvalue weighted by Gasteiger charge is -2.03. The lowest BCUT2D eigenvalue weighted by molar-refractivity contribution is -0.115. The highest BCUT2D eigenvalue weighted by Crippen LogP contribution is 2.35. The molecule has 0 unspecified atom stereocenters. The van der Waals surface area contributed by atoms with Gasteiger partial charge in [0.2, 0.25) is 0 Å². The number of rotatable bonds is 2. The van der Waals surface area contributed by atoms with Gasteiger partial charge in [0.15, 0.2) is 5.17 Å². The van der Waals surface area contributed by atoms with E-state index in [0.717, 1.165) is 11.3 Å². The molecule has 24 heavy (non-hydrogen) atoms. The van der Waals surface area contributed by atoms with Crippen LogP contribution >= 0.6 is 39.3 Å². The molecule has 0 aromatic heterocycles. The summed E-state index contributed by atoms with van der Waals surface area (Å²) >= 11 is 10.5. The lowest BCUT2D eigenvalue weighted by atomic mass is 10.2. The Labute approximate surface area is 156 Å². The summed E-state index contributed by atoms with van der Waals surface area (Å²) in [5, 5.41) is 13.5. The van der Waals surface area contributed by atoms with Crippen LogP contribution in [0.25, 0.3) is 6.08 Å². The largest absolute Gasteiger partial charge is 0.506 e. The third kappa shape index (κ3) is 3.83. The van der Waals surface area contributed by atoms with Crippen LogP contribution in [0.3, 0.4) is 0 Å². The molecule has 1 fully saturated rings. The number of carbonyl (C=O) groups is 1. The number of thioether (sulfide) groups is 1. The molecule has 0 spiro atoms. The minimum Gasteiger partial charge on any atom is -0.506 e. The van der Waals surface area contributed by atoms with Gasteiger partial charge in [-0.1, -0.05) is 45.2 Å². The highest BCUT2D eigenvalue weighted by molar-refractivity contribution is 9.10. The number of halogens is 2. The molecule has 2 aromatic carbocycles. The van der Waals surface area contributed by atoms with Crippen molar-refractivity contribution >= 4 is 62.1 Å². The van der Waals surface area contributed by atoms with E-state index in [0.29, 0.717) is 20.1 Å². The maximum absolute atomic E-state index is 12.1. The van der Waals surface area contributed by atoms with Crippen LogP contribution in [0.2, 0.25) is 5.02 Å². The van der Waals surface area contributed by atoms with Crippen molar-refractivity contribution in [2.75, 3.05) is 0 Å². The number of hydrogen-bond donors (Lipinski definition) is 2. The van der Waals surface area contributed by atoms with Crippen molar-refractivity contribution in [3.8, 4) is 5.75 Å².